The second kappa shape index (κ2) is 5.87. The van der Waals surface area contributed by atoms with Gasteiger partial charge in [0.15, 0.2) is 0 Å². The molecule has 0 saturated carbocycles. The molecule has 0 radical (unpaired) electrons. The molecule has 0 aliphatic carbocycles. The summed E-state index contributed by atoms with van der Waals surface area (Å²) in [4.78, 5) is 14.0. The van der Waals surface area contributed by atoms with Gasteiger partial charge in [-0.15, -0.1) is 0 Å². The highest BCUT2D eigenvalue weighted by Gasteiger charge is 1.93. The van der Waals surface area contributed by atoms with Crippen molar-refractivity contribution in [3.8, 4) is 0 Å². The predicted octanol–water partition coefficient (Wildman–Crippen LogP) is -0.105. The van der Waals surface area contributed by atoms with Gasteiger partial charge in [0.25, 0.3) is 0 Å². The molecule has 0 atom stereocenters. The highest BCUT2D eigenvalue weighted by Crippen LogP contribution is 1.71. The average molecular weight is 145 g/mol. The Morgan fingerprint density at radius 2 is 2.50 bits per heavy atom. The molecule has 0 fully saturated rings. The van der Waals surface area contributed by atoms with Crippen molar-refractivity contribution < 1.29 is 9.53 Å². The Balaban J connectivity index is 3.21. The maximum atomic E-state index is 10.5. The molecule has 1 amide bonds. The van der Waals surface area contributed by atoms with Crippen LogP contribution in [-0.4, -0.2) is 26.1 Å². The number of hydrazine groups is 1. The van der Waals surface area contributed by atoms with Gasteiger partial charge in [-0.3, -0.25) is 10.4 Å². The van der Waals surface area contributed by atoms with Crippen LogP contribution in [0.3, 0.4) is 0 Å². The second-order valence-electron chi connectivity index (χ2n) is 1.38. The Bertz CT molecular complexity index is 124. The second-order valence-corrected chi connectivity index (χ2v) is 1.38. The third kappa shape index (κ3) is 4.89. The van der Waals surface area contributed by atoms with Gasteiger partial charge in [-0.1, -0.05) is 0 Å². The Kier molecular flexibility index (Phi) is 5.13. The maximum Gasteiger partial charge on any atom is 0.425 e. The summed E-state index contributed by atoms with van der Waals surface area (Å²) in [6.07, 6.45) is 0.833. The molecule has 58 valence electrons. The van der Waals surface area contributed by atoms with Crippen molar-refractivity contribution in [2.24, 2.45) is 4.99 Å². The lowest BCUT2D eigenvalue weighted by molar-refractivity contribution is 0.150. The number of rotatable bonds is 3. The minimum atomic E-state index is -0.512. The number of carbonyl (C=O) groups is 1. The van der Waals surface area contributed by atoms with Crippen LogP contribution in [0.15, 0.2) is 4.99 Å². The first kappa shape index (κ1) is 8.74. The highest BCUT2D eigenvalue weighted by molar-refractivity contribution is 5.69. The summed E-state index contributed by atoms with van der Waals surface area (Å²) in [5.41, 5.74) is 4.63. The van der Waals surface area contributed by atoms with E-state index >= 15 is 0 Å². The molecule has 5 heteroatoms. The van der Waals surface area contributed by atoms with Crippen LogP contribution in [0.4, 0.5) is 4.79 Å². The number of hydrogen-bond acceptors (Lipinski definition) is 3. The third-order valence-corrected chi connectivity index (χ3v) is 0.643. The molecule has 5 nitrogen and oxygen atoms in total. The summed E-state index contributed by atoms with van der Waals surface area (Å²) in [6.45, 7) is 2.09. The Morgan fingerprint density at radius 3 is 3.00 bits per heavy atom. The van der Waals surface area contributed by atoms with Crippen LogP contribution in [0.25, 0.3) is 0 Å². The van der Waals surface area contributed by atoms with Gasteiger partial charge in [0.1, 0.15) is 6.34 Å². The van der Waals surface area contributed by atoms with Gasteiger partial charge >= 0.3 is 6.09 Å². The summed E-state index contributed by atoms with van der Waals surface area (Å²) in [7, 11) is 1.58. The van der Waals surface area contributed by atoms with Gasteiger partial charge in [-0.25, -0.2) is 10.2 Å². The number of ether oxygens (including phenoxy) is 1. The number of nitrogens with zero attached hydrogens (tertiary/aromatic N) is 1. The topological polar surface area (TPSA) is 62.7 Å². The van der Waals surface area contributed by atoms with Crippen molar-refractivity contribution >= 4 is 12.4 Å². The van der Waals surface area contributed by atoms with Crippen LogP contribution in [0.1, 0.15) is 6.92 Å². The predicted molar refractivity (Wildman–Crippen MR) is 37.7 cm³/mol. The van der Waals surface area contributed by atoms with E-state index in [4.69, 9.17) is 0 Å². The molecule has 0 unspecified atom stereocenters. The first-order valence-electron chi connectivity index (χ1n) is 2.90. The van der Waals surface area contributed by atoms with E-state index in [1.165, 1.54) is 6.34 Å². The fourth-order valence-electron chi connectivity index (χ4n) is 0.323. The van der Waals surface area contributed by atoms with Crippen LogP contribution >= 0.6 is 0 Å². The molecule has 0 aliphatic rings. The minimum Gasteiger partial charge on any atom is -0.449 e. The lowest BCUT2D eigenvalue weighted by Crippen LogP contribution is -2.36. The van der Waals surface area contributed by atoms with Crippen LogP contribution in [0.5, 0.6) is 0 Å². The van der Waals surface area contributed by atoms with E-state index in [0.29, 0.717) is 6.61 Å². The zero-order chi connectivity index (χ0) is 7.82. The summed E-state index contributed by atoms with van der Waals surface area (Å²) < 4.78 is 4.51. The maximum absolute atomic E-state index is 10.5. The van der Waals surface area contributed by atoms with Gasteiger partial charge in [0, 0.05) is 7.05 Å². The quantitative estimate of drug-likeness (QED) is 0.331. The van der Waals surface area contributed by atoms with Crippen molar-refractivity contribution in [3.63, 3.8) is 0 Å². The van der Waals surface area contributed by atoms with Crippen molar-refractivity contribution in [2.45, 2.75) is 6.92 Å². The molecule has 0 spiro atoms. The normalized spacial score (nSPS) is 9.40. The van der Waals surface area contributed by atoms with E-state index in [1.54, 1.807) is 14.0 Å². The van der Waals surface area contributed by atoms with E-state index in [-0.39, 0.29) is 0 Å². The molecule has 0 aromatic carbocycles. The molecule has 10 heavy (non-hydrogen) atoms. The van der Waals surface area contributed by atoms with Crippen LogP contribution in [0, 0.1) is 0 Å². The lowest BCUT2D eigenvalue weighted by atomic mass is 10.9. The summed E-state index contributed by atoms with van der Waals surface area (Å²) in [5.74, 6) is 0. The minimum absolute atomic E-state index is 0.358. The van der Waals surface area contributed by atoms with E-state index < -0.39 is 6.09 Å². The van der Waals surface area contributed by atoms with Crippen molar-refractivity contribution in [3.05, 3.63) is 0 Å². The molecule has 0 rings (SSSR count). The Morgan fingerprint density at radius 1 is 1.80 bits per heavy atom. The lowest BCUT2D eigenvalue weighted by Gasteiger charge is -2.01. The standard InChI is InChI=1S/C5H11N3O2/c1-3-10-5(9)8-7-4-6-2/h4H,3H2,1-2H3,(H,6,7)(H,8,9). The summed E-state index contributed by atoms with van der Waals surface area (Å²) in [6, 6.07) is 0. The molecule has 0 aromatic rings. The van der Waals surface area contributed by atoms with Crippen molar-refractivity contribution in [1.29, 1.82) is 0 Å². The summed E-state index contributed by atoms with van der Waals surface area (Å²) >= 11 is 0. The number of carbonyl (C=O) groups excluding carboxylic acids is 1. The Labute approximate surface area is 59.4 Å². The summed E-state index contributed by atoms with van der Waals surface area (Å²) in [5, 5.41) is 0. The molecular weight excluding hydrogens is 134 g/mol. The first-order chi connectivity index (χ1) is 4.81. The number of amides is 1. The van der Waals surface area contributed by atoms with Crippen LogP contribution in [-0.2, 0) is 4.74 Å². The molecule has 0 bridgehead atoms. The third-order valence-electron chi connectivity index (χ3n) is 0.643. The molecule has 0 saturated heterocycles. The number of aliphatic imine (C=N–C) groups is 1. The van der Waals surface area contributed by atoms with E-state index in [0.717, 1.165) is 0 Å². The SMILES string of the molecule is CCOC(=O)NNC=NC. The molecule has 0 aliphatic heterocycles. The fraction of sp³-hybridized carbons (Fsp3) is 0.600. The van der Waals surface area contributed by atoms with Crippen molar-refractivity contribution in [1.82, 2.24) is 10.9 Å². The molecule has 0 heterocycles. The number of nitrogens with one attached hydrogen (secondary N) is 2. The molecule has 2 N–H and O–H groups in total. The van der Waals surface area contributed by atoms with Gasteiger partial charge in [0.05, 0.1) is 6.61 Å². The van der Waals surface area contributed by atoms with Crippen molar-refractivity contribution in [2.75, 3.05) is 13.7 Å². The zero-order valence-corrected chi connectivity index (χ0v) is 6.05. The Hall–Kier alpha value is -1.26. The highest BCUT2D eigenvalue weighted by atomic mass is 16.5. The largest absolute Gasteiger partial charge is 0.449 e. The van der Waals surface area contributed by atoms with Gasteiger partial charge < -0.3 is 4.74 Å². The van der Waals surface area contributed by atoms with Gasteiger partial charge in [-0.05, 0) is 6.92 Å². The van der Waals surface area contributed by atoms with Crippen LogP contribution in [0.2, 0.25) is 0 Å². The number of hydrogen-bond donors (Lipinski definition) is 2. The zero-order valence-electron chi connectivity index (χ0n) is 6.05. The monoisotopic (exact) mass is 145 g/mol. The first-order valence-corrected chi connectivity index (χ1v) is 2.90. The molecular formula is C5H11N3O2. The smallest absolute Gasteiger partial charge is 0.425 e. The van der Waals surface area contributed by atoms with E-state index in [2.05, 4.69) is 20.6 Å². The van der Waals surface area contributed by atoms with Gasteiger partial charge in [0.2, 0.25) is 0 Å². The molecule has 0 aromatic heterocycles. The van der Waals surface area contributed by atoms with Gasteiger partial charge in [-0.2, -0.15) is 0 Å². The average Bonchev–Trinajstić information content (AvgIpc) is 1.89. The fourth-order valence-corrected chi connectivity index (χ4v) is 0.323. The van der Waals surface area contributed by atoms with Crippen LogP contribution < -0.4 is 10.9 Å². The van der Waals surface area contributed by atoms with E-state index in [9.17, 15) is 4.79 Å². The van der Waals surface area contributed by atoms with E-state index in [1.807, 2.05) is 0 Å².